The first-order valence-electron chi connectivity index (χ1n) is 10.7. The molecule has 2 bridgehead atoms. The van der Waals surface area contributed by atoms with Crippen LogP contribution >= 0.6 is 0 Å². The predicted octanol–water partition coefficient (Wildman–Crippen LogP) is 1.92. The Morgan fingerprint density at radius 1 is 1.11 bits per heavy atom. The second kappa shape index (κ2) is 6.47. The van der Waals surface area contributed by atoms with E-state index in [9.17, 15) is 4.79 Å². The monoisotopic (exact) mass is 373 g/mol. The van der Waals surface area contributed by atoms with Crippen molar-refractivity contribution in [1.82, 2.24) is 19.9 Å². The van der Waals surface area contributed by atoms with E-state index in [1.165, 1.54) is 25.7 Å². The van der Waals surface area contributed by atoms with Gasteiger partial charge >= 0.3 is 6.01 Å². The van der Waals surface area contributed by atoms with Gasteiger partial charge in [0.15, 0.2) is 5.82 Å². The Morgan fingerprint density at radius 3 is 2.26 bits per heavy atom. The number of aryl methyl sites for hydroxylation is 1. The first-order valence-corrected chi connectivity index (χ1v) is 10.7. The van der Waals surface area contributed by atoms with Gasteiger partial charge in [0.05, 0.1) is 0 Å². The zero-order valence-corrected chi connectivity index (χ0v) is 16.7. The molecule has 4 aliphatic rings. The van der Waals surface area contributed by atoms with Gasteiger partial charge in [0.1, 0.15) is 0 Å². The van der Waals surface area contributed by atoms with E-state index < -0.39 is 0 Å². The lowest BCUT2D eigenvalue weighted by Gasteiger charge is -2.42. The third-order valence-corrected chi connectivity index (χ3v) is 7.54. The number of likely N-dealkylation sites (tertiary alicyclic amines) is 1. The second-order valence-electron chi connectivity index (χ2n) is 8.86. The summed E-state index contributed by atoms with van der Waals surface area (Å²) in [6.45, 7) is 9.96. The first kappa shape index (κ1) is 17.5. The van der Waals surface area contributed by atoms with Gasteiger partial charge in [-0.15, -0.1) is 0 Å². The quantitative estimate of drug-likeness (QED) is 0.786. The van der Waals surface area contributed by atoms with Gasteiger partial charge in [-0.2, -0.15) is 4.98 Å². The minimum atomic E-state index is 0.305. The Hall–Kier alpha value is -1.63. The molecule has 0 N–H and O–H groups in total. The molecule has 3 unspecified atom stereocenters. The van der Waals surface area contributed by atoms with Crippen LogP contribution in [0.2, 0.25) is 0 Å². The zero-order valence-electron chi connectivity index (χ0n) is 16.7. The maximum absolute atomic E-state index is 12.7. The summed E-state index contributed by atoms with van der Waals surface area (Å²) in [5, 5.41) is 3.98. The van der Waals surface area contributed by atoms with Crippen molar-refractivity contribution in [3.8, 4) is 0 Å². The van der Waals surface area contributed by atoms with Crippen LogP contribution in [-0.4, -0.2) is 70.2 Å². The molecule has 3 saturated heterocycles. The number of rotatable bonds is 5. The fourth-order valence-electron chi connectivity index (χ4n) is 6.12. The number of aromatic nitrogens is 2. The van der Waals surface area contributed by atoms with Crippen molar-refractivity contribution in [3.63, 3.8) is 0 Å². The molecule has 1 amide bonds. The topological polar surface area (TPSA) is 65.7 Å². The molecule has 0 aromatic carbocycles. The highest BCUT2D eigenvalue weighted by atomic mass is 16.5. The van der Waals surface area contributed by atoms with Crippen molar-refractivity contribution in [3.05, 3.63) is 5.82 Å². The van der Waals surface area contributed by atoms with Crippen molar-refractivity contribution in [1.29, 1.82) is 0 Å². The van der Waals surface area contributed by atoms with Crippen LogP contribution in [0.5, 0.6) is 0 Å². The highest BCUT2D eigenvalue weighted by Crippen LogP contribution is 2.54. The van der Waals surface area contributed by atoms with Gasteiger partial charge in [0, 0.05) is 50.2 Å². The molecule has 7 heteroatoms. The molecule has 27 heavy (non-hydrogen) atoms. The molecular formula is C20H31N5O2. The van der Waals surface area contributed by atoms with E-state index in [1.54, 1.807) is 0 Å². The van der Waals surface area contributed by atoms with Crippen LogP contribution < -0.4 is 4.90 Å². The van der Waals surface area contributed by atoms with Gasteiger partial charge in [-0.1, -0.05) is 5.16 Å². The SMILES string of the molecule is CCN(CC)C(=O)C1[C@H]2CN(C3CC4CCC(C3)N4c3nc(C)no3)C[C@@H]12. The van der Waals surface area contributed by atoms with E-state index in [-0.39, 0.29) is 0 Å². The standard InChI is InChI=1S/C20H31N5O2/c1-4-23(5-2)19(26)18-16-10-24(11-17(16)18)15-8-13-6-7-14(9-15)25(13)20-21-12(3)22-27-20/h13-18H,4-11H2,1-3H3/t13?,14?,15?,16-,17+,18?. The highest BCUT2D eigenvalue weighted by Gasteiger charge is 2.61. The summed E-state index contributed by atoms with van der Waals surface area (Å²) in [6.07, 6.45) is 4.83. The predicted molar refractivity (Wildman–Crippen MR) is 101 cm³/mol. The Bertz CT molecular complexity index is 691. The highest BCUT2D eigenvalue weighted by molar-refractivity contribution is 5.82. The molecule has 148 valence electrons. The molecule has 1 saturated carbocycles. The number of nitrogens with zero attached hydrogens (tertiary/aromatic N) is 5. The van der Waals surface area contributed by atoms with Crippen LogP contribution in [0.4, 0.5) is 6.01 Å². The van der Waals surface area contributed by atoms with Crippen molar-refractivity contribution in [2.24, 2.45) is 17.8 Å². The average molecular weight is 374 g/mol. The summed E-state index contributed by atoms with van der Waals surface area (Å²) in [5.41, 5.74) is 0. The number of carbonyl (C=O) groups is 1. The smallest absolute Gasteiger partial charge is 0.324 e. The van der Waals surface area contributed by atoms with Gasteiger partial charge in [-0.3, -0.25) is 9.69 Å². The summed E-state index contributed by atoms with van der Waals surface area (Å²) in [4.78, 5) is 24.2. The molecule has 5 atom stereocenters. The van der Waals surface area contributed by atoms with Crippen LogP contribution in [0.15, 0.2) is 4.52 Å². The molecule has 0 spiro atoms. The van der Waals surface area contributed by atoms with Crippen LogP contribution in [0.25, 0.3) is 0 Å². The molecule has 3 aliphatic heterocycles. The van der Waals surface area contributed by atoms with Crippen molar-refractivity contribution in [2.45, 2.75) is 64.6 Å². The summed E-state index contributed by atoms with van der Waals surface area (Å²) < 4.78 is 5.46. The Morgan fingerprint density at radius 2 is 1.74 bits per heavy atom. The minimum absolute atomic E-state index is 0.305. The van der Waals surface area contributed by atoms with Gasteiger partial charge in [0.2, 0.25) is 5.91 Å². The molecule has 1 aromatic rings. The van der Waals surface area contributed by atoms with E-state index in [0.29, 0.717) is 47.8 Å². The number of amides is 1. The second-order valence-corrected chi connectivity index (χ2v) is 8.86. The van der Waals surface area contributed by atoms with Crippen molar-refractivity contribution < 1.29 is 9.32 Å². The fourth-order valence-corrected chi connectivity index (χ4v) is 6.12. The third-order valence-electron chi connectivity index (χ3n) is 7.54. The van der Waals surface area contributed by atoms with Crippen molar-refractivity contribution in [2.75, 3.05) is 31.1 Å². The van der Waals surface area contributed by atoms with E-state index >= 15 is 0 Å². The van der Waals surface area contributed by atoms with Crippen LogP contribution in [0.1, 0.15) is 45.4 Å². The third kappa shape index (κ3) is 2.77. The van der Waals surface area contributed by atoms with E-state index in [0.717, 1.165) is 32.0 Å². The summed E-state index contributed by atoms with van der Waals surface area (Å²) in [7, 11) is 0. The largest absolute Gasteiger partial charge is 0.343 e. The molecule has 1 aromatic heterocycles. The van der Waals surface area contributed by atoms with Gasteiger partial charge < -0.3 is 14.3 Å². The first-order chi connectivity index (χ1) is 13.1. The maximum Gasteiger partial charge on any atom is 0.324 e. The molecule has 5 rings (SSSR count). The van der Waals surface area contributed by atoms with Crippen LogP contribution in [0.3, 0.4) is 0 Å². The van der Waals surface area contributed by atoms with Gasteiger partial charge in [-0.25, -0.2) is 0 Å². The minimum Gasteiger partial charge on any atom is -0.343 e. The number of piperidine rings is 2. The lowest BCUT2D eigenvalue weighted by atomic mass is 9.96. The fraction of sp³-hybridized carbons (Fsp3) is 0.850. The molecule has 7 nitrogen and oxygen atoms in total. The normalized spacial score (nSPS) is 37.5. The summed E-state index contributed by atoms with van der Waals surface area (Å²) in [6, 6.07) is 2.42. The average Bonchev–Trinajstić information content (AvgIpc) is 2.97. The van der Waals surface area contributed by atoms with E-state index in [4.69, 9.17) is 4.52 Å². The zero-order chi connectivity index (χ0) is 18.7. The number of hydrogen-bond donors (Lipinski definition) is 0. The number of fused-ring (bicyclic) bond motifs is 3. The Balaban J connectivity index is 1.20. The molecule has 4 fully saturated rings. The maximum atomic E-state index is 12.7. The lowest BCUT2D eigenvalue weighted by molar-refractivity contribution is -0.133. The number of hydrogen-bond acceptors (Lipinski definition) is 6. The van der Waals surface area contributed by atoms with E-state index in [1.807, 2.05) is 11.8 Å². The van der Waals surface area contributed by atoms with Crippen LogP contribution in [0, 0.1) is 24.7 Å². The molecular weight excluding hydrogens is 342 g/mol. The Labute approximate surface area is 161 Å². The van der Waals surface area contributed by atoms with Crippen LogP contribution in [-0.2, 0) is 4.79 Å². The van der Waals surface area contributed by atoms with Gasteiger partial charge in [0.25, 0.3) is 0 Å². The molecule has 0 radical (unpaired) electrons. The summed E-state index contributed by atoms with van der Waals surface area (Å²) >= 11 is 0. The summed E-state index contributed by atoms with van der Waals surface area (Å²) in [5.74, 6) is 2.63. The van der Waals surface area contributed by atoms with E-state index in [2.05, 4.69) is 33.8 Å². The number of carbonyl (C=O) groups excluding carboxylic acids is 1. The lowest BCUT2D eigenvalue weighted by Crippen LogP contribution is -2.51. The molecule has 4 heterocycles. The number of anilines is 1. The molecule has 1 aliphatic carbocycles. The van der Waals surface area contributed by atoms with Gasteiger partial charge in [-0.05, 0) is 58.3 Å². The van der Waals surface area contributed by atoms with Crippen molar-refractivity contribution >= 4 is 11.9 Å². The Kier molecular flexibility index (Phi) is 4.18.